The maximum absolute atomic E-state index is 15.2. The Morgan fingerprint density at radius 1 is 0.538 bits per heavy atom. The Labute approximate surface area is 299 Å². The van der Waals surface area contributed by atoms with Gasteiger partial charge in [-0.15, -0.1) is 0 Å². The van der Waals surface area contributed by atoms with E-state index < -0.39 is 96.2 Å². The molecule has 16 atom stereocenters. The van der Waals surface area contributed by atoms with Gasteiger partial charge in [-0.1, -0.05) is 39.8 Å². The highest BCUT2D eigenvalue weighted by Gasteiger charge is 2.79. The van der Waals surface area contributed by atoms with E-state index in [1.807, 2.05) is 0 Å². The van der Waals surface area contributed by atoms with Gasteiger partial charge in [-0.25, -0.2) is 19.6 Å². The van der Waals surface area contributed by atoms with E-state index in [-0.39, 0.29) is 23.7 Å². The summed E-state index contributed by atoms with van der Waals surface area (Å²) in [5.74, 6) is -12.6. The van der Waals surface area contributed by atoms with Crippen LogP contribution >= 0.6 is 0 Å². The van der Waals surface area contributed by atoms with Gasteiger partial charge in [0.2, 0.25) is 11.6 Å². The van der Waals surface area contributed by atoms with E-state index >= 15 is 26.3 Å². The highest BCUT2D eigenvalue weighted by Crippen LogP contribution is 2.66. The predicted octanol–water partition coefficient (Wildman–Crippen LogP) is 7.86. The topological polar surface area (TPSA) is 92.3 Å². The van der Waals surface area contributed by atoms with E-state index in [2.05, 4.69) is 13.8 Å². The van der Waals surface area contributed by atoms with Gasteiger partial charge in [-0.2, -0.15) is 26.3 Å². The summed E-state index contributed by atoms with van der Waals surface area (Å²) < 4.78 is 126. The van der Waals surface area contributed by atoms with Crippen LogP contribution in [0.3, 0.4) is 0 Å². The third-order valence-electron chi connectivity index (χ3n) is 14.3. The van der Waals surface area contributed by atoms with Crippen LogP contribution in [0.25, 0.3) is 0 Å². The number of halogens is 6. The first kappa shape index (κ1) is 37.8. The zero-order valence-electron chi connectivity index (χ0n) is 30.3. The molecule has 0 aromatic carbocycles. The van der Waals surface area contributed by atoms with E-state index in [0.717, 1.165) is 0 Å². The molecule has 8 aliphatic heterocycles. The molecule has 8 heterocycles. The van der Waals surface area contributed by atoms with Gasteiger partial charge in [0.25, 0.3) is 11.6 Å². The van der Waals surface area contributed by atoms with Crippen molar-refractivity contribution in [2.24, 2.45) is 47.3 Å². The van der Waals surface area contributed by atoms with Crippen LogP contribution in [0.15, 0.2) is 12.2 Å². The van der Waals surface area contributed by atoms with Crippen LogP contribution < -0.4 is 0 Å². The minimum absolute atomic E-state index is 0.141. The van der Waals surface area contributed by atoms with Crippen LogP contribution in [0.4, 0.5) is 26.3 Å². The highest BCUT2D eigenvalue weighted by atomic mass is 19.4. The molecule has 8 saturated heterocycles. The lowest BCUT2D eigenvalue weighted by Crippen LogP contribution is -2.76. The molecule has 10 rings (SSSR count). The van der Waals surface area contributed by atoms with Crippen molar-refractivity contribution in [3.05, 3.63) is 12.2 Å². The van der Waals surface area contributed by atoms with Crippen LogP contribution in [-0.4, -0.2) is 72.5 Å². The standard InChI is InChI=1S/C36H50F6O10/c1-19-9-11-25-21(3)33(35(37,38)39,47-27-31(25)23(19)13-15-29(5,45-27)49-51-31)43-17-7-8-18-44-34(36(40,41)42)22(4)26-12-10-20(2)24-14-16-30(6)46-28(48-34)32(24,26)52-50-30/h7-8,19-28H,9-18H2,1-6H3/b8-7+. The molecule has 2 saturated carbocycles. The fourth-order valence-corrected chi connectivity index (χ4v) is 11.5. The first-order valence-corrected chi connectivity index (χ1v) is 18.8. The lowest BCUT2D eigenvalue weighted by Gasteiger charge is -2.62. The van der Waals surface area contributed by atoms with E-state index in [1.165, 1.54) is 26.0 Å². The second kappa shape index (κ2) is 12.2. The molecule has 296 valence electrons. The largest absolute Gasteiger partial charge is 0.443 e. The minimum atomic E-state index is -4.99. The highest BCUT2D eigenvalue weighted by molar-refractivity contribution is 5.14. The SMILES string of the molecule is CC1CCC2C(C)C(OC/C=C/COC3(C(F)(F)F)OC4OC5(C)CCC6C(C)CCC(C3C)C46OO5)(C(F)(F)F)OC3OC4(C)CCC1C32OO4. The van der Waals surface area contributed by atoms with Gasteiger partial charge in [0, 0.05) is 36.5 Å². The molecule has 52 heavy (non-hydrogen) atoms. The number of hydrogen-bond acceptors (Lipinski definition) is 10. The number of ether oxygens (including phenoxy) is 6. The molecule has 10 nitrogen and oxygen atoms in total. The maximum Gasteiger partial charge on any atom is 0.443 e. The van der Waals surface area contributed by atoms with Crippen molar-refractivity contribution in [3.8, 4) is 0 Å². The Hall–Kier alpha value is -1.08. The lowest BCUT2D eigenvalue weighted by molar-refractivity contribution is -0.598. The molecule has 0 aromatic heterocycles. The van der Waals surface area contributed by atoms with Crippen LogP contribution in [0.1, 0.15) is 92.9 Å². The van der Waals surface area contributed by atoms with Crippen LogP contribution in [0.5, 0.6) is 0 Å². The molecule has 2 aliphatic carbocycles. The van der Waals surface area contributed by atoms with Gasteiger partial charge >= 0.3 is 12.4 Å². The molecular weight excluding hydrogens is 706 g/mol. The molecule has 16 heteroatoms. The number of hydrogen-bond donors (Lipinski definition) is 0. The Morgan fingerprint density at radius 3 is 1.29 bits per heavy atom. The Bertz CT molecular complexity index is 1310. The van der Waals surface area contributed by atoms with Gasteiger partial charge in [0.15, 0.2) is 23.8 Å². The Kier molecular flexibility index (Phi) is 8.88. The van der Waals surface area contributed by atoms with Crippen molar-refractivity contribution >= 4 is 0 Å². The summed E-state index contributed by atoms with van der Waals surface area (Å²) in [7, 11) is 0. The molecule has 0 N–H and O–H groups in total. The van der Waals surface area contributed by atoms with E-state index in [0.29, 0.717) is 51.4 Å². The molecular formula is C36H50F6O10. The summed E-state index contributed by atoms with van der Waals surface area (Å²) in [6.45, 7) is 8.93. The molecule has 2 spiro atoms. The zero-order chi connectivity index (χ0) is 37.3. The number of alkyl halides is 6. The van der Waals surface area contributed by atoms with Crippen molar-refractivity contribution in [1.82, 2.24) is 0 Å². The van der Waals surface area contributed by atoms with Crippen molar-refractivity contribution in [1.29, 1.82) is 0 Å². The summed E-state index contributed by atoms with van der Waals surface area (Å²) in [6, 6.07) is 0. The smallest absolute Gasteiger partial charge is 0.338 e. The zero-order valence-corrected chi connectivity index (χ0v) is 30.3. The summed E-state index contributed by atoms with van der Waals surface area (Å²) in [5, 5.41) is 0. The van der Waals surface area contributed by atoms with Gasteiger partial charge < -0.3 is 28.4 Å². The van der Waals surface area contributed by atoms with Crippen LogP contribution in [0, 0.1) is 47.3 Å². The van der Waals surface area contributed by atoms with Crippen LogP contribution in [-0.2, 0) is 48.0 Å². The predicted molar refractivity (Wildman–Crippen MR) is 165 cm³/mol. The monoisotopic (exact) mass is 756 g/mol. The molecule has 10 aliphatic rings. The Balaban J connectivity index is 1.01. The van der Waals surface area contributed by atoms with Crippen LogP contribution in [0.2, 0.25) is 0 Å². The number of rotatable bonds is 6. The second-order valence-electron chi connectivity index (χ2n) is 17.1. The molecule has 4 bridgehead atoms. The summed E-state index contributed by atoms with van der Waals surface area (Å²) in [6.07, 6.45) is -6.13. The third-order valence-corrected chi connectivity index (χ3v) is 14.3. The molecule has 0 aromatic rings. The van der Waals surface area contributed by atoms with Gasteiger partial charge in [-0.3, -0.25) is 0 Å². The fourth-order valence-electron chi connectivity index (χ4n) is 11.5. The number of fused-ring (bicyclic) bond motifs is 4. The van der Waals surface area contributed by atoms with Gasteiger partial charge in [-0.05, 0) is 76.0 Å². The average Bonchev–Trinajstić information content (AvgIpc) is 3.43. The average molecular weight is 757 g/mol. The summed E-state index contributed by atoms with van der Waals surface area (Å²) in [5.41, 5.74) is -2.50. The minimum Gasteiger partial charge on any atom is -0.338 e. The summed E-state index contributed by atoms with van der Waals surface area (Å²) in [4.78, 5) is 23.4. The van der Waals surface area contributed by atoms with E-state index in [4.69, 9.17) is 48.0 Å². The molecule has 16 unspecified atom stereocenters. The Morgan fingerprint density at radius 2 is 0.923 bits per heavy atom. The van der Waals surface area contributed by atoms with Crippen molar-refractivity contribution < 1.29 is 74.3 Å². The molecule has 10 fully saturated rings. The maximum atomic E-state index is 15.2. The quantitative estimate of drug-likeness (QED) is 0.152. The van der Waals surface area contributed by atoms with Gasteiger partial charge in [0.05, 0.1) is 13.2 Å². The lowest BCUT2D eigenvalue weighted by atomic mass is 9.57. The first-order valence-electron chi connectivity index (χ1n) is 18.8. The van der Waals surface area contributed by atoms with E-state index in [1.54, 1.807) is 13.8 Å². The van der Waals surface area contributed by atoms with Crippen molar-refractivity contribution in [3.63, 3.8) is 0 Å². The first-order chi connectivity index (χ1) is 24.3. The van der Waals surface area contributed by atoms with Crippen molar-refractivity contribution in [2.75, 3.05) is 13.2 Å². The third kappa shape index (κ3) is 5.13. The molecule has 0 radical (unpaired) electrons. The second-order valence-corrected chi connectivity index (χ2v) is 17.1. The fraction of sp³-hybridized carbons (Fsp3) is 0.944. The van der Waals surface area contributed by atoms with E-state index in [9.17, 15) is 0 Å². The molecule has 0 amide bonds. The van der Waals surface area contributed by atoms with Gasteiger partial charge in [0.1, 0.15) is 0 Å². The normalized spacial score (nSPS) is 54.4. The summed E-state index contributed by atoms with van der Waals surface area (Å²) >= 11 is 0. The van der Waals surface area contributed by atoms with Crippen molar-refractivity contribution in [2.45, 2.75) is 152 Å².